The maximum absolute atomic E-state index is 11.9. The van der Waals surface area contributed by atoms with E-state index in [1.54, 1.807) is 12.1 Å². The predicted molar refractivity (Wildman–Crippen MR) is 84.3 cm³/mol. The topological polar surface area (TPSA) is 49.3 Å². The summed E-state index contributed by atoms with van der Waals surface area (Å²) in [5, 5.41) is 12.5. The van der Waals surface area contributed by atoms with E-state index in [1.165, 1.54) is 37.3 Å². The zero-order valence-electron chi connectivity index (χ0n) is 10.8. The number of hydrogen-bond donors (Lipinski definition) is 2. The monoisotopic (exact) mass is 371 g/mol. The van der Waals surface area contributed by atoms with Gasteiger partial charge in [0.2, 0.25) is 0 Å². The van der Waals surface area contributed by atoms with E-state index in [-0.39, 0.29) is 11.7 Å². The lowest BCUT2D eigenvalue weighted by Gasteiger charge is -2.13. The Kier molecular flexibility index (Phi) is 5.24. The molecule has 0 saturated heterocycles. The molecule has 0 atom stereocenters. The van der Waals surface area contributed by atoms with Gasteiger partial charge in [-0.25, -0.2) is 0 Å². The van der Waals surface area contributed by atoms with Crippen molar-refractivity contribution in [2.24, 2.45) is 0 Å². The summed E-state index contributed by atoms with van der Waals surface area (Å²) < 4.78 is 0.751. The number of allylic oxidation sites excluding steroid dienone is 1. The van der Waals surface area contributed by atoms with Crippen LogP contribution in [0.25, 0.3) is 0 Å². The van der Waals surface area contributed by atoms with E-state index < -0.39 is 0 Å². The van der Waals surface area contributed by atoms with E-state index in [0.29, 0.717) is 12.1 Å². The summed E-state index contributed by atoms with van der Waals surface area (Å²) in [4.78, 5) is 11.9. The number of hydrogen-bond acceptors (Lipinski definition) is 2. The van der Waals surface area contributed by atoms with Crippen LogP contribution in [0.5, 0.6) is 5.75 Å². The van der Waals surface area contributed by atoms with Gasteiger partial charge in [-0.1, -0.05) is 11.6 Å². The first-order valence-electron chi connectivity index (χ1n) is 6.61. The quantitative estimate of drug-likeness (QED) is 0.628. The SMILES string of the molecule is O=C(NCCC1=CCCCC1)c1ccc(I)c(O)c1. The fourth-order valence-corrected chi connectivity index (χ4v) is 2.56. The number of amides is 1. The van der Waals surface area contributed by atoms with Crippen LogP contribution in [0.4, 0.5) is 0 Å². The molecule has 0 saturated carbocycles. The molecule has 1 aliphatic carbocycles. The van der Waals surface area contributed by atoms with Gasteiger partial charge in [0, 0.05) is 12.1 Å². The minimum atomic E-state index is -0.122. The zero-order valence-corrected chi connectivity index (χ0v) is 12.9. The van der Waals surface area contributed by atoms with Gasteiger partial charge in [0.25, 0.3) is 5.91 Å². The molecule has 0 bridgehead atoms. The highest BCUT2D eigenvalue weighted by Crippen LogP contribution is 2.21. The van der Waals surface area contributed by atoms with Gasteiger partial charge >= 0.3 is 0 Å². The van der Waals surface area contributed by atoms with E-state index in [0.717, 1.165) is 9.99 Å². The maximum atomic E-state index is 11.9. The molecule has 0 aliphatic heterocycles. The van der Waals surface area contributed by atoms with Crippen LogP contribution in [0.15, 0.2) is 29.8 Å². The number of phenolic OH excluding ortho intramolecular Hbond substituents is 1. The number of rotatable bonds is 4. The third-order valence-electron chi connectivity index (χ3n) is 3.33. The number of halogens is 1. The van der Waals surface area contributed by atoms with Gasteiger partial charge in [-0.2, -0.15) is 0 Å². The van der Waals surface area contributed by atoms with Gasteiger partial charge in [-0.15, -0.1) is 0 Å². The molecule has 3 nitrogen and oxygen atoms in total. The summed E-state index contributed by atoms with van der Waals surface area (Å²) in [5.74, 6) is 0.0337. The zero-order chi connectivity index (χ0) is 13.7. The van der Waals surface area contributed by atoms with Crippen molar-refractivity contribution >= 4 is 28.5 Å². The lowest BCUT2D eigenvalue weighted by molar-refractivity contribution is 0.0953. The average Bonchev–Trinajstić information content (AvgIpc) is 2.43. The highest BCUT2D eigenvalue weighted by molar-refractivity contribution is 14.1. The Morgan fingerprint density at radius 3 is 2.89 bits per heavy atom. The molecular weight excluding hydrogens is 353 g/mol. The number of phenols is 1. The Hall–Kier alpha value is -1.04. The summed E-state index contributed by atoms with van der Waals surface area (Å²) in [6, 6.07) is 4.99. The number of carbonyl (C=O) groups excluding carboxylic acids is 1. The van der Waals surface area contributed by atoms with Gasteiger partial charge in [-0.05, 0) is 72.9 Å². The van der Waals surface area contributed by atoms with Crippen molar-refractivity contribution in [3.05, 3.63) is 39.0 Å². The minimum Gasteiger partial charge on any atom is -0.507 e. The van der Waals surface area contributed by atoms with Gasteiger partial charge < -0.3 is 10.4 Å². The highest BCUT2D eigenvalue weighted by atomic mass is 127. The molecule has 4 heteroatoms. The number of nitrogens with one attached hydrogen (secondary N) is 1. The summed E-state index contributed by atoms with van der Waals surface area (Å²) in [6.07, 6.45) is 8.13. The third-order valence-corrected chi connectivity index (χ3v) is 4.24. The number of carbonyl (C=O) groups is 1. The van der Waals surface area contributed by atoms with E-state index in [9.17, 15) is 9.90 Å². The molecule has 1 aromatic rings. The van der Waals surface area contributed by atoms with Crippen molar-refractivity contribution in [2.45, 2.75) is 32.1 Å². The molecule has 102 valence electrons. The van der Waals surface area contributed by atoms with Crippen LogP contribution in [-0.2, 0) is 0 Å². The molecule has 2 N–H and O–H groups in total. The molecule has 0 spiro atoms. The summed E-state index contributed by atoms with van der Waals surface area (Å²) in [6.45, 7) is 0.664. The van der Waals surface area contributed by atoms with E-state index in [2.05, 4.69) is 11.4 Å². The fraction of sp³-hybridized carbons (Fsp3) is 0.400. The Balaban J connectivity index is 1.83. The molecular formula is C15H18INO2. The molecule has 1 amide bonds. The Morgan fingerprint density at radius 2 is 2.21 bits per heavy atom. The Bertz CT molecular complexity index is 497. The lowest BCUT2D eigenvalue weighted by Crippen LogP contribution is -2.24. The fourth-order valence-electron chi connectivity index (χ4n) is 2.22. The van der Waals surface area contributed by atoms with Crippen LogP contribution in [0.1, 0.15) is 42.5 Å². The first-order chi connectivity index (χ1) is 9.16. The van der Waals surface area contributed by atoms with Crippen LogP contribution >= 0.6 is 22.6 Å². The molecule has 2 rings (SSSR count). The van der Waals surface area contributed by atoms with Crippen LogP contribution < -0.4 is 5.32 Å². The molecule has 1 aliphatic rings. The molecule has 19 heavy (non-hydrogen) atoms. The van der Waals surface area contributed by atoms with Crippen LogP contribution in [0.3, 0.4) is 0 Å². The Morgan fingerprint density at radius 1 is 1.37 bits per heavy atom. The first-order valence-corrected chi connectivity index (χ1v) is 7.69. The van der Waals surface area contributed by atoms with Crippen molar-refractivity contribution in [3.8, 4) is 5.75 Å². The van der Waals surface area contributed by atoms with Crippen LogP contribution in [0.2, 0.25) is 0 Å². The average molecular weight is 371 g/mol. The van der Waals surface area contributed by atoms with Crippen molar-refractivity contribution in [1.29, 1.82) is 0 Å². The normalized spacial score (nSPS) is 14.9. The van der Waals surface area contributed by atoms with Gasteiger partial charge in [0.1, 0.15) is 5.75 Å². The van der Waals surface area contributed by atoms with Crippen LogP contribution in [0, 0.1) is 3.57 Å². The third kappa shape index (κ3) is 4.23. The Labute approximate surface area is 127 Å². The summed E-state index contributed by atoms with van der Waals surface area (Å²) in [7, 11) is 0. The molecule has 0 radical (unpaired) electrons. The largest absolute Gasteiger partial charge is 0.507 e. The van der Waals surface area contributed by atoms with Gasteiger partial charge in [-0.3, -0.25) is 4.79 Å². The molecule has 0 heterocycles. The first kappa shape index (κ1) is 14.4. The highest BCUT2D eigenvalue weighted by Gasteiger charge is 2.08. The standard InChI is InChI=1S/C15H18INO2/c16-13-7-6-12(10-14(13)18)15(19)17-9-8-11-4-2-1-3-5-11/h4,6-7,10,18H,1-3,5,8-9H2,(H,17,19). The lowest BCUT2D eigenvalue weighted by atomic mass is 9.97. The second-order valence-electron chi connectivity index (χ2n) is 4.78. The van der Waals surface area contributed by atoms with E-state index in [1.807, 2.05) is 22.6 Å². The van der Waals surface area contributed by atoms with Crippen molar-refractivity contribution in [3.63, 3.8) is 0 Å². The van der Waals surface area contributed by atoms with Gasteiger partial charge in [0.15, 0.2) is 0 Å². The second kappa shape index (κ2) is 6.93. The predicted octanol–water partition coefficient (Wildman–Crippen LogP) is 3.62. The smallest absolute Gasteiger partial charge is 0.251 e. The molecule has 1 aromatic carbocycles. The summed E-state index contributed by atoms with van der Waals surface area (Å²) >= 11 is 2.03. The van der Waals surface area contributed by atoms with Crippen LogP contribution in [-0.4, -0.2) is 17.6 Å². The number of aromatic hydroxyl groups is 1. The van der Waals surface area contributed by atoms with E-state index >= 15 is 0 Å². The second-order valence-corrected chi connectivity index (χ2v) is 5.94. The summed E-state index contributed by atoms with van der Waals surface area (Å²) in [5.41, 5.74) is 1.97. The molecule has 0 aromatic heterocycles. The molecule has 0 unspecified atom stereocenters. The van der Waals surface area contributed by atoms with E-state index in [4.69, 9.17) is 0 Å². The minimum absolute atomic E-state index is 0.122. The van der Waals surface area contributed by atoms with Crippen molar-refractivity contribution < 1.29 is 9.90 Å². The van der Waals surface area contributed by atoms with Crippen molar-refractivity contribution in [2.75, 3.05) is 6.54 Å². The molecule has 0 fully saturated rings. The maximum Gasteiger partial charge on any atom is 0.251 e. The van der Waals surface area contributed by atoms with Crippen molar-refractivity contribution in [1.82, 2.24) is 5.32 Å². The van der Waals surface area contributed by atoms with Gasteiger partial charge in [0.05, 0.1) is 3.57 Å². The number of benzene rings is 1.